The van der Waals surface area contributed by atoms with Crippen molar-refractivity contribution in [3.05, 3.63) is 60.2 Å². The number of aromatic nitrogens is 4. The molecule has 1 saturated carbocycles. The average Bonchev–Trinajstić information content (AvgIpc) is 3.23. The Morgan fingerprint density at radius 1 is 1.08 bits per heavy atom. The van der Waals surface area contributed by atoms with Crippen molar-refractivity contribution in [2.75, 3.05) is 16.8 Å². The van der Waals surface area contributed by atoms with Crippen molar-refractivity contribution in [1.82, 2.24) is 25.1 Å². The predicted octanol–water partition coefficient (Wildman–Crippen LogP) is 5.66. The number of allylic oxidation sites excluding steroid dienone is 1. The van der Waals surface area contributed by atoms with E-state index in [4.69, 9.17) is 11.5 Å². The van der Waals surface area contributed by atoms with Crippen LogP contribution in [0.4, 0.5) is 17.5 Å². The summed E-state index contributed by atoms with van der Waals surface area (Å²) in [6.45, 7) is 4.44. The number of hydrogen-bond donors (Lipinski definition) is 4. The lowest BCUT2D eigenvalue weighted by Crippen LogP contribution is -2.33. The molecule has 1 aliphatic rings. The lowest BCUT2D eigenvalue weighted by molar-refractivity contribution is 0.397. The largest absolute Gasteiger partial charge is 0.383 e. The second-order valence-corrected chi connectivity index (χ2v) is 9.30. The molecule has 3 aromatic rings. The number of nitrogens with zero attached hydrogens (tertiary/aromatic N) is 4. The van der Waals surface area contributed by atoms with E-state index >= 15 is 0 Å². The van der Waals surface area contributed by atoms with Crippen molar-refractivity contribution in [3.63, 3.8) is 0 Å². The van der Waals surface area contributed by atoms with E-state index in [0.717, 1.165) is 12.0 Å². The molecule has 0 aliphatic heterocycles. The molecule has 1 fully saturated rings. The van der Waals surface area contributed by atoms with Gasteiger partial charge in [0.25, 0.3) is 0 Å². The SMILES string of the molecule is CCC=C(Nc1ccc(CCCC)cc1)NC1CCCCC1.Cn1ncc(-c2ccnc(N)n2)c1N. The number of anilines is 3. The minimum absolute atomic E-state index is 0.228. The molecule has 2 heterocycles. The van der Waals surface area contributed by atoms with Crippen molar-refractivity contribution in [1.29, 1.82) is 0 Å². The fraction of sp³-hybridized carbons (Fsp3) is 0.464. The van der Waals surface area contributed by atoms with Crippen LogP contribution in [0.1, 0.15) is 70.8 Å². The van der Waals surface area contributed by atoms with Crippen molar-refractivity contribution in [3.8, 4) is 11.3 Å². The summed E-state index contributed by atoms with van der Waals surface area (Å²) in [5.41, 5.74) is 15.3. The Morgan fingerprint density at radius 3 is 2.44 bits per heavy atom. The Bertz CT molecular complexity index is 1080. The Kier molecular flexibility index (Phi) is 10.6. The molecule has 0 unspecified atom stereocenters. The van der Waals surface area contributed by atoms with Crippen LogP contribution in [0.5, 0.6) is 0 Å². The van der Waals surface area contributed by atoms with E-state index in [-0.39, 0.29) is 5.95 Å². The first-order valence-corrected chi connectivity index (χ1v) is 13.2. The van der Waals surface area contributed by atoms with Crippen molar-refractivity contribution in [2.24, 2.45) is 7.05 Å². The van der Waals surface area contributed by atoms with Gasteiger partial charge in [-0.15, -0.1) is 0 Å². The molecule has 36 heavy (non-hydrogen) atoms. The van der Waals surface area contributed by atoms with Gasteiger partial charge in [0.1, 0.15) is 5.82 Å². The number of unbranched alkanes of at least 4 members (excludes halogenated alkanes) is 1. The Morgan fingerprint density at radius 2 is 1.83 bits per heavy atom. The van der Waals surface area contributed by atoms with Gasteiger partial charge in [-0.2, -0.15) is 5.10 Å². The maximum absolute atomic E-state index is 5.78. The molecule has 0 radical (unpaired) electrons. The number of aryl methyl sites for hydroxylation is 2. The third-order valence-electron chi connectivity index (χ3n) is 6.36. The minimum Gasteiger partial charge on any atom is -0.383 e. The summed E-state index contributed by atoms with van der Waals surface area (Å²) in [6, 6.07) is 11.3. The van der Waals surface area contributed by atoms with Gasteiger partial charge >= 0.3 is 0 Å². The summed E-state index contributed by atoms with van der Waals surface area (Å²) in [4.78, 5) is 7.85. The van der Waals surface area contributed by atoms with E-state index in [2.05, 4.69) is 69.9 Å². The highest BCUT2D eigenvalue weighted by Gasteiger charge is 2.14. The van der Waals surface area contributed by atoms with Crippen molar-refractivity contribution in [2.45, 2.75) is 77.7 Å². The van der Waals surface area contributed by atoms with Crippen LogP contribution in [0.15, 0.2) is 54.6 Å². The van der Waals surface area contributed by atoms with Gasteiger partial charge in [0.15, 0.2) is 0 Å². The molecule has 8 heteroatoms. The predicted molar refractivity (Wildman–Crippen MR) is 150 cm³/mol. The molecule has 0 atom stereocenters. The Balaban J connectivity index is 0.000000221. The van der Waals surface area contributed by atoms with Gasteiger partial charge in [0.2, 0.25) is 5.95 Å². The summed E-state index contributed by atoms with van der Waals surface area (Å²) >= 11 is 0. The molecule has 0 spiro atoms. The maximum Gasteiger partial charge on any atom is 0.220 e. The fourth-order valence-electron chi connectivity index (χ4n) is 4.28. The third-order valence-corrected chi connectivity index (χ3v) is 6.36. The van der Waals surface area contributed by atoms with E-state index in [1.165, 1.54) is 68.4 Å². The standard InChI is InChI=1S/C20H32N2.C8H10N6/c1-3-5-10-17-13-15-19(16-14-17)22-20(9-4-2)21-18-11-7-6-8-12-18;1-14-7(9)5(4-12-14)6-2-3-11-8(10)13-6/h9,13-16,18,21-22H,3-8,10-12H2,1-2H3;2-4H,9H2,1H3,(H2,10,11,13). The van der Waals surface area contributed by atoms with Crippen LogP contribution < -0.4 is 22.1 Å². The summed E-state index contributed by atoms with van der Waals surface area (Å²) < 4.78 is 1.58. The Labute approximate surface area is 215 Å². The first kappa shape index (κ1) is 27.0. The van der Waals surface area contributed by atoms with Crippen LogP contribution in [-0.2, 0) is 13.5 Å². The van der Waals surface area contributed by atoms with E-state index in [1.807, 2.05) is 0 Å². The highest BCUT2D eigenvalue weighted by atomic mass is 15.3. The maximum atomic E-state index is 5.78. The van der Waals surface area contributed by atoms with Gasteiger partial charge in [-0.1, -0.05) is 51.7 Å². The molecule has 2 aromatic heterocycles. The summed E-state index contributed by atoms with van der Waals surface area (Å²) in [5, 5.41) is 11.3. The molecule has 1 aliphatic carbocycles. The van der Waals surface area contributed by atoms with Crippen LogP contribution >= 0.6 is 0 Å². The smallest absolute Gasteiger partial charge is 0.220 e. The second kappa shape index (κ2) is 14.1. The molecule has 0 saturated heterocycles. The second-order valence-electron chi connectivity index (χ2n) is 9.30. The highest BCUT2D eigenvalue weighted by Crippen LogP contribution is 2.23. The summed E-state index contributed by atoms with van der Waals surface area (Å²) in [7, 11) is 1.77. The zero-order chi connectivity index (χ0) is 25.8. The van der Waals surface area contributed by atoms with Crippen LogP contribution in [0, 0.1) is 0 Å². The summed E-state index contributed by atoms with van der Waals surface area (Å²) in [6.07, 6.45) is 17.0. The lowest BCUT2D eigenvalue weighted by Gasteiger charge is -2.26. The van der Waals surface area contributed by atoms with Crippen LogP contribution in [-0.4, -0.2) is 25.8 Å². The minimum atomic E-state index is 0.228. The number of rotatable bonds is 9. The molecule has 1 aromatic carbocycles. The quantitative estimate of drug-likeness (QED) is 0.306. The molecule has 0 amide bonds. The van der Waals surface area contributed by atoms with Crippen LogP contribution in [0.25, 0.3) is 11.3 Å². The fourth-order valence-corrected chi connectivity index (χ4v) is 4.28. The number of nitrogen functional groups attached to an aromatic ring is 2. The number of nitrogens with one attached hydrogen (secondary N) is 2. The zero-order valence-corrected chi connectivity index (χ0v) is 22.0. The van der Waals surface area contributed by atoms with Gasteiger partial charge in [0.05, 0.1) is 23.3 Å². The van der Waals surface area contributed by atoms with Gasteiger partial charge in [-0.05, 0) is 61.9 Å². The lowest BCUT2D eigenvalue weighted by atomic mass is 9.95. The number of hydrogen-bond acceptors (Lipinski definition) is 7. The molecular formula is C28H42N8. The number of nitrogens with two attached hydrogens (primary N) is 2. The first-order valence-electron chi connectivity index (χ1n) is 13.2. The van der Waals surface area contributed by atoms with Gasteiger partial charge in [-0.3, -0.25) is 4.68 Å². The van der Waals surface area contributed by atoms with Gasteiger partial charge < -0.3 is 22.1 Å². The zero-order valence-electron chi connectivity index (χ0n) is 22.0. The average molecular weight is 491 g/mol. The molecule has 194 valence electrons. The van der Waals surface area contributed by atoms with E-state index < -0.39 is 0 Å². The molecule has 6 N–H and O–H groups in total. The molecule has 0 bridgehead atoms. The Hall–Kier alpha value is -3.55. The van der Waals surface area contributed by atoms with Gasteiger partial charge in [0, 0.05) is 25.0 Å². The van der Waals surface area contributed by atoms with E-state index in [1.54, 1.807) is 30.2 Å². The van der Waals surface area contributed by atoms with E-state index in [9.17, 15) is 0 Å². The van der Waals surface area contributed by atoms with Crippen molar-refractivity contribution < 1.29 is 0 Å². The van der Waals surface area contributed by atoms with Gasteiger partial charge in [-0.25, -0.2) is 9.97 Å². The highest BCUT2D eigenvalue weighted by molar-refractivity contribution is 5.70. The first-order chi connectivity index (χ1) is 17.5. The number of benzene rings is 1. The van der Waals surface area contributed by atoms with Crippen LogP contribution in [0.2, 0.25) is 0 Å². The third kappa shape index (κ3) is 8.29. The topological polar surface area (TPSA) is 120 Å². The van der Waals surface area contributed by atoms with Crippen molar-refractivity contribution >= 4 is 17.5 Å². The normalized spacial score (nSPS) is 14.1. The summed E-state index contributed by atoms with van der Waals surface area (Å²) in [5.74, 6) is 1.96. The van der Waals surface area contributed by atoms with E-state index in [0.29, 0.717) is 17.6 Å². The monoisotopic (exact) mass is 490 g/mol. The molecule has 4 rings (SSSR count). The molecule has 8 nitrogen and oxygen atoms in total. The van der Waals surface area contributed by atoms with Crippen LogP contribution in [0.3, 0.4) is 0 Å². The molecular weight excluding hydrogens is 448 g/mol.